The molecule has 1 aromatic heterocycles. The van der Waals surface area contributed by atoms with E-state index in [1.165, 1.54) is 0 Å². The van der Waals surface area contributed by atoms with Crippen LogP contribution in [0.5, 0.6) is 5.88 Å². The molecule has 2 heterocycles. The second kappa shape index (κ2) is 6.52. The van der Waals surface area contributed by atoms with Crippen molar-refractivity contribution in [3.05, 3.63) is 23.9 Å². The van der Waals surface area contributed by atoms with E-state index < -0.39 is 10.0 Å². The van der Waals surface area contributed by atoms with Crippen LogP contribution >= 0.6 is 0 Å². The highest BCUT2D eigenvalue weighted by atomic mass is 32.2. The molecule has 1 aromatic rings. The lowest BCUT2D eigenvalue weighted by atomic mass is 10.2. The molecule has 1 saturated heterocycles. The van der Waals surface area contributed by atoms with Crippen LogP contribution in [0.1, 0.15) is 31.7 Å². The molecule has 1 aliphatic carbocycles. The maximum atomic E-state index is 12.0. The third kappa shape index (κ3) is 3.97. The lowest BCUT2D eigenvalue weighted by Crippen LogP contribution is -2.38. The summed E-state index contributed by atoms with van der Waals surface area (Å²) in [7, 11) is -3.08. The van der Waals surface area contributed by atoms with Gasteiger partial charge in [-0.3, -0.25) is 4.90 Å². The van der Waals surface area contributed by atoms with Crippen LogP contribution in [0.15, 0.2) is 18.3 Å². The molecule has 2 fully saturated rings. The Bertz CT molecular complexity index is 599. The molecule has 0 unspecified atom stereocenters. The Morgan fingerprint density at radius 1 is 1.36 bits per heavy atom. The Kier molecular flexibility index (Phi) is 4.65. The van der Waals surface area contributed by atoms with Gasteiger partial charge in [-0.25, -0.2) is 18.1 Å². The van der Waals surface area contributed by atoms with Crippen LogP contribution in [0.25, 0.3) is 0 Å². The smallest absolute Gasteiger partial charge is 0.214 e. The van der Waals surface area contributed by atoms with Gasteiger partial charge in [-0.2, -0.15) is 0 Å². The van der Waals surface area contributed by atoms with Gasteiger partial charge in [0.1, 0.15) is 0 Å². The molecular weight excluding hydrogens is 302 g/mol. The van der Waals surface area contributed by atoms with E-state index in [0.717, 1.165) is 44.5 Å². The molecule has 2 aliphatic rings. The van der Waals surface area contributed by atoms with E-state index in [-0.39, 0.29) is 11.3 Å². The number of sulfonamides is 1. The summed E-state index contributed by atoms with van der Waals surface area (Å²) in [6.07, 6.45) is 4.32. The molecule has 0 bridgehead atoms. The highest BCUT2D eigenvalue weighted by Crippen LogP contribution is 2.28. The summed E-state index contributed by atoms with van der Waals surface area (Å²) in [6, 6.07) is 3.93. The second-order valence-electron chi connectivity index (χ2n) is 6.02. The fourth-order valence-electron chi connectivity index (χ4n) is 2.78. The molecule has 1 atom stereocenters. The molecule has 1 aliphatic heterocycles. The maximum Gasteiger partial charge on any atom is 0.214 e. The quantitative estimate of drug-likeness (QED) is 0.814. The predicted molar refractivity (Wildman–Crippen MR) is 84.2 cm³/mol. The van der Waals surface area contributed by atoms with Crippen molar-refractivity contribution in [1.29, 1.82) is 0 Å². The van der Waals surface area contributed by atoms with Gasteiger partial charge in [0.05, 0.1) is 11.9 Å². The van der Waals surface area contributed by atoms with Crippen molar-refractivity contribution in [3.63, 3.8) is 0 Å². The highest BCUT2D eigenvalue weighted by molar-refractivity contribution is 7.90. The van der Waals surface area contributed by atoms with Gasteiger partial charge in [0.25, 0.3) is 0 Å². The molecule has 0 radical (unpaired) electrons. The number of ether oxygens (including phenoxy) is 1. The minimum atomic E-state index is -3.08. The van der Waals surface area contributed by atoms with Gasteiger partial charge >= 0.3 is 0 Å². The molecule has 6 nitrogen and oxygen atoms in total. The maximum absolute atomic E-state index is 12.0. The Morgan fingerprint density at radius 3 is 2.82 bits per heavy atom. The van der Waals surface area contributed by atoms with Crippen molar-refractivity contribution in [2.24, 2.45) is 0 Å². The number of likely N-dealkylation sites (tertiary alicyclic amines) is 1. The van der Waals surface area contributed by atoms with Crippen LogP contribution in [0, 0.1) is 0 Å². The lowest BCUT2D eigenvalue weighted by Gasteiger charge is -2.16. The Morgan fingerprint density at radius 2 is 2.18 bits per heavy atom. The largest absolute Gasteiger partial charge is 0.478 e. The van der Waals surface area contributed by atoms with E-state index in [2.05, 4.69) is 14.6 Å². The van der Waals surface area contributed by atoms with E-state index >= 15 is 0 Å². The van der Waals surface area contributed by atoms with Crippen LogP contribution < -0.4 is 9.46 Å². The topological polar surface area (TPSA) is 71.5 Å². The third-order valence-corrected chi connectivity index (χ3v) is 6.07. The van der Waals surface area contributed by atoms with Crippen molar-refractivity contribution in [2.75, 3.05) is 19.7 Å². The summed E-state index contributed by atoms with van der Waals surface area (Å²) in [5, 5.41) is -0.142. The standard InChI is InChI=1S/C15H23N3O3S/c1-2-21-15-6-3-12(9-16-15)10-18-8-7-13(11-18)17-22(19,20)14-4-5-14/h3,6,9,13-14,17H,2,4-5,7-8,10-11H2,1H3/t13-/m0/s1. The summed E-state index contributed by atoms with van der Waals surface area (Å²) in [6.45, 7) is 5.01. The molecule has 7 heteroatoms. The van der Waals surface area contributed by atoms with Gasteiger partial charge in [0, 0.05) is 37.9 Å². The number of pyridine rings is 1. The van der Waals surface area contributed by atoms with E-state index in [0.29, 0.717) is 12.5 Å². The number of rotatable bonds is 7. The van der Waals surface area contributed by atoms with Gasteiger partial charge in [-0.1, -0.05) is 6.07 Å². The molecular formula is C15H23N3O3S. The van der Waals surface area contributed by atoms with E-state index in [1.54, 1.807) is 0 Å². The van der Waals surface area contributed by atoms with Crippen molar-refractivity contribution in [2.45, 2.75) is 44.0 Å². The van der Waals surface area contributed by atoms with E-state index in [9.17, 15) is 8.42 Å². The van der Waals surface area contributed by atoms with Gasteiger partial charge in [-0.15, -0.1) is 0 Å². The molecule has 22 heavy (non-hydrogen) atoms. The average Bonchev–Trinajstić information content (AvgIpc) is 3.26. The molecule has 1 saturated carbocycles. The number of nitrogens with one attached hydrogen (secondary N) is 1. The zero-order valence-electron chi connectivity index (χ0n) is 12.9. The van der Waals surface area contributed by atoms with Crippen LogP contribution in [-0.4, -0.2) is 49.3 Å². The van der Waals surface area contributed by atoms with Crippen LogP contribution in [-0.2, 0) is 16.6 Å². The normalized spacial score (nSPS) is 22.9. The first-order valence-electron chi connectivity index (χ1n) is 7.88. The molecule has 1 N–H and O–H groups in total. The van der Waals surface area contributed by atoms with Crippen LogP contribution in [0.2, 0.25) is 0 Å². The zero-order chi connectivity index (χ0) is 15.6. The van der Waals surface area contributed by atoms with Crippen molar-refractivity contribution in [3.8, 4) is 5.88 Å². The fourth-order valence-corrected chi connectivity index (χ4v) is 4.38. The molecule has 3 rings (SSSR count). The van der Waals surface area contributed by atoms with E-state index in [4.69, 9.17) is 4.74 Å². The first-order valence-corrected chi connectivity index (χ1v) is 9.42. The minimum Gasteiger partial charge on any atom is -0.478 e. The molecule has 122 valence electrons. The van der Waals surface area contributed by atoms with Gasteiger partial charge in [-0.05, 0) is 31.7 Å². The van der Waals surface area contributed by atoms with Gasteiger partial charge in [0.2, 0.25) is 15.9 Å². The lowest BCUT2D eigenvalue weighted by molar-refractivity contribution is 0.318. The third-order valence-electron chi connectivity index (χ3n) is 4.06. The number of hydrogen-bond acceptors (Lipinski definition) is 5. The van der Waals surface area contributed by atoms with Gasteiger partial charge < -0.3 is 4.74 Å². The van der Waals surface area contributed by atoms with Crippen LogP contribution in [0.3, 0.4) is 0 Å². The molecule has 0 spiro atoms. The summed E-state index contributed by atoms with van der Waals surface area (Å²) in [5.41, 5.74) is 1.12. The number of aromatic nitrogens is 1. The monoisotopic (exact) mass is 325 g/mol. The van der Waals surface area contributed by atoms with Crippen molar-refractivity contribution in [1.82, 2.24) is 14.6 Å². The van der Waals surface area contributed by atoms with Crippen molar-refractivity contribution >= 4 is 10.0 Å². The predicted octanol–water partition coefficient (Wildman–Crippen LogP) is 1.14. The Labute approximate surface area is 131 Å². The first kappa shape index (κ1) is 15.7. The second-order valence-corrected chi connectivity index (χ2v) is 8.01. The van der Waals surface area contributed by atoms with Crippen LogP contribution in [0.4, 0.5) is 0 Å². The summed E-state index contributed by atoms with van der Waals surface area (Å²) < 4.78 is 32.1. The zero-order valence-corrected chi connectivity index (χ0v) is 13.7. The SMILES string of the molecule is CCOc1ccc(CN2CC[C@H](NS(=O)(=O)C3CC3)C2)cn1. The Balaban J connectivity index is 1.50. The van der Waals surface area contributed by atoms with Crippen molar-refractivity contribution < 1.29 is 13.2 Å². The molecule has 0 aromatic carbocycles. The average molecular weight is 325 g/mol. The number of hydrogen-bond donors (Lipinski definition) is 1. The highest BCUT2D eigenvalue weighted by Gasteiger charge is 2.38. The van der Waals surface area contributed by atoms with E-state index in [1.807, 2.05) is 25.3 Å². The summed E-state index contributed by atoms with van der Waals surface area (Å²) in [5.74, 6) is 0.641. The fraction of sp³-hybridized carbons (Fsp3) is 0.667. The summed E-state index contributed by atoms with van der Waals surface area (Å²) >= 11 is 0. The first-order chi connectivity index (χ1) is 10.6. The minimum absolute atomic E-state index is 0.0428. The Hall–Kier alpha value is -1.18. The summed E-state index contributed by atoms with van der Waals surface area (Å²) in [4.78, 5) is 6.52. The number of nitrogens with zero attached hydrogens (tertiary/aromatic N) is 2. The van der Waals surface area contributed by atoms with Gasteiger partial charge in [0.15, 0.2) is 0 Å². The molecule has 0 amide bonds.